The van der Waals surface area contributed by atoms with Crippen LogP contribution in [-0.2, 0) is 17.7 Å². The molecule has 0 spiro atoms. The molecule has 0 radical (unpaired) electrons. The first-order valence-electron chi connectivity index (χ1n) is 7.11. The lowest BCUT2D eigenvalue weighted by atomic mass is 10.2. The largest absolute Gasteiger partial charge is 0.491 e. The van der Waals surface area contributed by atoms with Gasteiger partial charge in [0.2, 0.25) is 0 Å². The normalized spacial score (nSPS) is 10.8. The average Bonchev–Trinajstić information content (AvgIpc) is 2.99. The van der Waals surface area contributed by atoms with Crippen molar-refractivity contribution in [3.63, 3.8) is 0 Å². The van der Waals surface area contributed by atoms with Gasteiger partial charge in [-0.3, -0.25) is 4.98 Å². The second kappa shape index (κ2) is 8.77. The van der Waals surface area contributed by atoms with Gasteiger partial charge in [0.25, 0.3) is 0 Å². The minimum absolute atomic E-state index is 0.677. The zero-order valence-corrected chi connectivity index (χ0v) is 13.4. The number of nitrogens with zero attached hydrogens (tertiary/aromatic N) is 1. The minimum Gasteiger partial charge on any atom is -0.491 e. The van der Waals surface area contributed by atoms with E-state index in [1.165, 1.54) is 4.88 Å². The molecular weight excluding hydrogens is 284 g/mol. The molecule has 0 aliphatic heterocycles. The molecule has 1 N–H and O–H groups in total. The van der Waals surface area contributed by atoms with Gasteiger partial charge in [-0.15, -0.1) is 11.3 Å². The molecule has 0 aliphatic rings. The zero-order chi connectivity index (χ0) is 14.9. The Kier molecular flexibility index (Phi) is 6.66. The molecule has 0 aromatic carbocycles. The second-order valence-corrected chi connectivity index (χ2v) is 5.78. The van der Waals surface area contributed by atoms with Crippen molar-refractivity contribution in [3.05, 3.63) is 45.9 Å². The molecule has 2 rings (SSSR count). The van der Waals surface area contributed by atoms with E-state index in [-0.39, 0.29) is 0 Å². The quantitative estimate of drug-likeness (QED) is 0.724. The first kappa shape index (κ1) is 15.9. The van der Waals surface area contributed by atoms with Crippen molar-refractivity contribution in [2.24, 2.45) is 0 Å². The van der Waals surface area contributed by atoms with E-state index < -0.39 is 0 Å². The average molecular weight is 306 g/mol. The predicted octanol–water partition coefficient (Wildman–Crippen LogP) is 2.81. The van der Waals surface area contributed by atoms with Crippen LogP contribution in [-0.4, -0.2) is 31.9 Å². The Morgan fingerprint density at radius 3 is 2.90 bits per heavy atom. The molecule has 4 nitrogen and oxygen atoms in total. The molecule has 0 saturated heterocycles. The lowest BCUT2D eigenvalue weighted by Crippen LogP contribution is -2.20. The summed E-state index contributed by atoms with van der Waals surface area (Å²) >= 11 is 1.76. The number of hydrogen-bond acceptors (Lipinski definition) is 5. The van der Waals surface area contributed by atoms with Crippen molar-refractivity contribution in [2.45, 2.75) is 19.9 Å². The summed E-state index contributed by atoms with van der Waals surface area (Å²) < 4.78 is 10.9. The van der Waals surface area contributed by atoms with Crippen molar-refractivity contribution in [2.75, 3.05) is 26.9 Å². The number of ether oxygens (including phenoxy) is 2. The SMILES string of the molecule is COCCNCc1nc(C)ccc1OCCc1cccs1. The van der Waals surface area contributed by atoms with Crippen LogP contribution in [0.1, 0.15) is 16.3 Å². The summed E-state index contributed by atoms with van der Waals surface area (Å²) in [4.78, 5) is 5.90. The molecule has 2 heterocycles. The van der Waals surface area contributed by atoms with E-state index in [1.807, 2.05) is 19.1 Å². The smallest absolute Gasteiger partial charge is 0.142 e. The molecule has 0 bridgehead atoms. The minimum atomic E-state index is 0.677. The van der Waals surface area contributed by atoms with Crippen LogP contribution < -0.4 is 10.1 Å². The monoisotopic (exact) mass is 306 g/mol. The zero-order valence-electron chi connectivity index (χ0n) is 12.6. The Bertz CT molecular complexity index is 529. The van der Waals surface area contributed by atoms with Gasteiger partial charge in [0.05, 0.1) is 18.9 Å². The topological polar surface area (TPSA) is 43.4 Å². The summed E-state index contributed by atoms with van der Waals surface area (Å²) in [5.74, 6) is 0.863. The van der Waals surface area contributed by atoms with Crippen LogP contribution in [0.3, 0.4) is 0 Å². The van der Waals surface area contributed by atoms with E-state index in [9.17, 15) is 0 Å². The van der Waals surface area contributed by atoms with Gasteiger partial charge in [-0.2, -0.15) is 0 Å². The van der Waals surface area contributed by atoms with E-state index in [2.05, 4.69) is 27.8 Å². The highest BCUT2D eigenvalue weighted by molar-refractivity contribution is 7.09. The van der Waals surface area contributed by atoms with Crippen molar-refractivity contribution in [3.8, 4) is 5.75 Å². The number of pyridine rings is 1. The van der Waals surface area contributed by atoms with Gasteiger partial charge in [-0.25, -0.2) is 0 Å². The molecule has 5 heteroatoms. The summed E-state index contributed by atoms with van der Waals surface area (Å²) in [5.41, 5.74) is 1.96. The summed E-state index contributed by atoms with van der Waals surface area (Å²) in [5, 5.41) is 5.40. The van der Waals surface area contributed by atoms with Crippen LogP contribution in [0.5, 0.6) is 5.75 Å². The molecule has 0 fully saturated rings. The van der Waals surface area contributed by atoms with Gasteiger partial charge in [0, 0.05) is 37.2 Å². The highest BCUT2D eigenvalue weighted by atomic mass is 32.1. The first-order valence-corrected chi connectivity index (χ1v) is 7.99. The van der Waals surface area contributed by atoms with Crippen LogP contribution in [0.15, 0.2) is 29.6 Å². The molecule has 114 valence electrons. The fraction of sp³-hybridized carbons (Fsp3) is 0.438. The summed E-state index contributed by atoms with van der Waals surface area (Å²) in [6, 6.07) is 8.19. The van der Waals surface area contributed by atoms with E-state index in [0.717, 1.165) is 30.1 Å². The number of aryl methyl sites for hydroxylation is 1. The Morgan fingerprint density at radius 1 is 1.24 bits per heavy atom. The van der Waals surface area contributed by atoms with Crippen LogP contribution in [0.2, 0.25) is 0 Å². The van der Waals surface area contributed by atoms with Gasteiger partial charge in [-0.05, 0) is 30.5 Å². The third-order valence-corrected chi connectivity index (χ3v) is 3.97. The predicted molar refractivity (Wildman–Crippen MR) is 86.1 cm³/mol. The van der Waals surface area contributed by atoms with E-state index in [0.29, 0.717) is 19.8 Å². The maximum absolute atomic E-state index is 5.90. The molecule has 0 amide bonds. The fourth-order valence-electron chi connectivity index (χ4n) is 1.95. The van der Waals surface area contributed by atoms with Crippen molar-refractivity contribution in [1.29, 1.82) is 0 Å². The summed E-state index contributed by atoms with van der Waals surface area (Å²) in [7, 11) is 1.70. The van der Waals surface area contributed by atoms with E-state index >= 15 is 0 Å². The molecule has 2 aromatic heterocycles. The highest BCUT2D eigenvalue weighted by Gasteiger charge is 2.06. The van der Waals surface area contributed by atoms with Crippen LogP contribution in [0.4, 0.5) is 0 Å². The highest BCUT2D eigenvalue weighted by Crippen LogP contribution is 2.18. The Morgan fingerprint density at radius 2 is 2.14 bits per heavy atom. The maximum Gasteiger partial charge on any atom is 0.142 e. The standard InChI is InChI=1S/C16H22N2O2S/c1-13-5-6-16(15(18-13)12-17-8-10-19-2)20-9-7-14-4-3-11-21-14/h3-6,11,17H,7-10,12H2,1-2H3. The lowest BCUT2D eigenvalue weighted by Gasteiger charge is -2.12. The number of thiophene rings is 1. The third-order valence-electron chi connectivity index (χ3n) is 3.03. The molecular formula is C16H22N2O2S. The summed E-state index contributed by atoms with van der Waals surface area (Å²) in [6.45, 7) is 4.87. The number of aromatic nitrogens is 1. The van der Waals surface area contributed by atoms with Gasteiger partial charge in [0.1, 0.15) is 5.75 Å². The van der Waals surface area contributed by atoms with Crippen molar-refractivity contribution >= 4 is 11.3 Å². The molecule has 0 unspecified atom stereocenters. The maximum atomic E-state index is 5.90. The molecule has 2 aromatic rings. The van der Waals surface area contributed by atoms with Crippen LogP contribution in [0.25, 0.3) is 0 Å². The number of methoxy groups -OCH3 is 1. The van der Waals surface area contributed by atoms with Crippen LogP contribution in [0, 0.1) is 6.92 Å². The first-order chi connectivity index (χ1) is 10.3. The van der Waals surface area contributed by atoms with Gasteiger partial charge in [-0.1, -0.05) is 6.07 Å². The number of hydrogen-bond donors (Lipinski definition) is 1. The van der Waals surface area contributed by atoms with Crippen molar-refractivity contribution in [1.82, 2.24) is 10.3 Å². The number of rotatable bonds is 9. The molecule has 21 heavy (non-hydrogen) atoms. The van der Waals surface area contributed by atoms with Gasteiger partial charge < -0.3 is 14.8 Å². The van der Waals surface area contributed by atoms with Gasteiger partial charge >= 0.3 is 0 Å². The molecule has 0 atom stereocenters. The summed E-state index contributed by atoms with van der Waals surface area (Å²) in [6.07, 6.45) is 0.933. The number of nitrogens with one attached hydrogen (secondary N) is 1. The Hall–Kier alpha value is -1.43. The fourth-order valence-corrected chi connectivity index (χ4v) is 2.64. The third kappa shape index (κ3) is 5.46. The second-order valence-electron chi connectivity index (χ2n) is 4.74. The Balaban J connectivity index is 1.87. The Labute approximate surface area is 130 Å². The lowest BCUT2D eigenvalue weighted by molar-refractivity contribution is 0.199. The van der Waals surface area contributed by atoms with Crippen LogP contribution >= 0.6 is 11.3 Å². The van der Waals surface area contributed by atoms with E-state index in [1.54, 1.807) is 18.4 Å². The van der Waals surface area contributed by atoms with Gasteiger partial charge in [0.15, 0.2) is 0 Å². The molecule has 0 saturated carbocycles. The molecule has 0 aliphatic carbocycles. The van der Waals surface area contributed by atoms with Crippen molar-refractivity contribution < 1.29 is 9.47 Å². The van der Waals surface area contributed by atoms with E-state index in [4.69, 9.17) is 9.47 Å².